The molecule has 112 valence electrons. The molecule has 0 saturated heterocycles. The Morgan fingerprint density at radius 3 is 2.45 bits per heavy atom. The van der Waals surface area contributed by atoms with Crippen molar-refractivity contribution in [3.05, 3.63) is 65.0 Å². The third-order valence-corrected chi connectivity index (χ3v) is 3.60. The molecule has 3 rings (SSSR count). The van der Waals surface area contributed by atoms with Gasteiger partial charge in [-0.3, -0.25) is 14.1 Å². The van der Waals surface area contributed by atoms with Gasteiger partial charge in [-0.2, -0.15) is 8.42 Å². The second kappa shape index (κ2) is 5.28. The summed E-state index contributed by atoms with van der Waals surface area (Å²) in [5, 5.41) is 0.322. The van der Waals surface area contributed by atoms with Crippen molar-refractivity contribution in [2.24, 2.45) is 0 Å². The molecule has 2 aromatic carbocycles. The SMILES string of the molecule is O=c1c(-c2ccccc2)coc2cc(NS(=O)(=O)O)ccc12. The first-order chi connectivity index (χ1) is 10.4. The number of anilines is 1. The zero-order valence-corrected chi connectivity index (χ0v) is 12.0. The lowest BCUT2D eigenvalue weighted by Gasteiger charge is -2.05. The molecule has 0 fully saturated rings. The Kier molecular flexibility index (Phi) is 3.44. The first-order valence-corrected chi connectivity index (χ1v) is 7.74. The molecule has 0 bridgehead atoms. The van der Waals surface area contributed by atoms with Crippen LogP contribution >= 0.6 is 0 Å². The van der Waals surface area contributed by atoms with Crippen molar-refractivity contribution in [2.45, 2.75) is 0 Å². The van der Waals surface area contributed by atoms with Crippen LogP contribution in [0, 0.1) is 0 Å². The number of hydrogen-bond donors (Lipinski definition) is 2. The summed E-state index contributed by atoms with van der Waals surface area (Å²) in [6.07, 6.45) is 1.33. The van der Waals surface area contributed by atoms with E-state index >= 15 is 0 Å². The van der Waals surface area contributed by atoms with Crippen LogP contribution in [0.5, 0.6) is 0 Å². The van der Waals surface area contributed by atoms with Crippen LogP contribution in [0.4, 0.5) is 5.69 Å². The maximum atomic E-state index is 12.5. The summed E-state index contributed by atoms with van der Waals surface area (Å²) in [5.41, 5.74) is 1.26. The highest BCUT2D eigenvalue weighted by Crippen LogP contribution is 2.22. The van der Waals surface area contributed by atoms with E-state index in [2.05, 4.69) is 0 Å². The van der Waals surface area contributed by atoms with E-state index in [0.29, 0.717) is 10.9 Å². The summed E-state index contributed by atoms with van der Waals surface area (Å²) < 4.78 is 37.7. The van der Waals surface area contributed by atoms with E-state index in [0.717, 1.165) is 5.56 Å². The molecule has 0 aliphatic heterocycles. The van der Waals surface area contributed by atoms with E-state index in [4.69, 9.17) is 8.97 Å². The third kappa shape index (κ3) is 2.85. The highest BCUT2D eigenvalue weighted by Gasteiger charge is 2.11. The van der Waals surface area contributed by atoms with Crippen molar-refractivity contribution in [1.29, 1.82) is 0 Å². The monoisotopic (exact) mass is 317 g/mol. The predicted molar refractivity (Wildman–Crippen MR) is 83.1 cm³/mol. The van der Waals surface area contributed by atoms with Gasteiger partial charge in [-0.1, -0.05) is 30.3 Å². The molecule has 0 amide bonds. The molecule has 0 atom stereocenters. The summed E-state index contributed by atoms with van der Waals surface area (Å²) in [6, 6.07) is 13.2. The van der Waals surface area contributed by atoms with Crippen molar-refractivity contribution < 1.29 is 17.4 Å². The normalized spacial score (nSPS) is 11.5. The van der Waals surface area contributed by atoms with Crippen LogP contribution in [0.2, 0.25) is 0 Å². The van der Waals surface area contributed by atoms with Crippen LogP contribution in [0.15, 0.2) is 64.0 Å². The van der Waals surface area contributed by atoms with Gasteiger partial charge in [0.2, 0.25) is 0 Å². The van der Waals surface area contributed by atoms with E-state index < -0.39 is 10.3 Å². The Bertz CT molecular complexity index is 993. The zero-order chi connectivity index (χ0) is 15.7. The van der Waals surface area contributed by atoms with Gasteiger partial charge in [0.05, 0.1) is 16.6 Å². The van der Waals surface area contributed by atoms with Gasteiger partial charge in [-0.25, -0.2) is 0 Å². The van der Waals surface area contributed by atoms with Gasteiger partial charge in [0.25, 0.3) is 0 Å². The van der Waals surface area contributed by atoms with Gasteiger partial charge < -0.3 is 4.42 Å². The maximum absolute atomic E-state index is 12.5. The average molecular weight is 317 g/mol. The van der Waals surface area contributed by atoms with Crippen molar-refractivity contribution >= 4 is 27.0 Å². The minimum absolute atomic E-state index is 0.102. The van der Waals surface area contributed by atoms with E-state index in [9.17, 15) is 13.2 Å². The minimum Gasteiger partial charge on any atom is -0.463 e. The summed E-state index contributed by atoms with van der Waals surface area (Å²) in [4.78, 5) is 12.5. The molecule has 7 heteroatoms. The predicted octanol–water partition coefficient (Wildman–Crippen LogP) is 2.67. The van der Waals surface area contributed by atoms with Crippen LogP contribution < -0.4 is 10.2 Å². The third-order valence-electron chi connectivity index (χ3n) is 3.11. The Hall–Kier alpha value is -2.64. The minimum atomic E-state index is -4.38. The smallest absolute Gasteiger partial charge is 0.357 e. The van der Waals surface area contributed by atoms with E-state index in [1.165, 1.54) is 24.5 Å². The van der Waals surface area contributed by atoms with Crippen molar-refractivity contribution in [3.63, 3.8) is 0 Å². The van der Waals surface area contributed by atoms with Gasteiger partial charge in [-0.05, 0) is 17.7 Å². The number of nitrogens with one attached hydrogen (secondary N) is 1. The molecule has 3 aromatic rings. The molecule has 1 aromatic heterocycles. The average Bonchev–Trinajstić information content (AvgIpc) is 2.47. The van der Waals surface area contributed by atoms with E-state index in [-0.39, 0.29) is 16.7 Å². The highest BCUT2D eigenvalue weighted by molar-refractivity contribution is 7.87. The second-order valence-corrected chi connectivity index (χ2v) is 5.79. The quantitative estimate of drug-likeness (QED) is 0.724. The first kappa shape index (κ1) is 14.3. The molecular weight excluding hydrogens is 306 g/mol. The molecule has 0 spiro atoms. The van der Waals surface area contributed by atoms with E-state index in [1.807, 2.05) is 22.9 Å². The van der Waals surface area contributed by atoms with Gasteiger partial charge in [0, 0.05) is 6.07 Å². The second-order valence-electron chi connectivity index (χ2n) is 4.63. The molecule has 2 N–H and O–H groups in total. The van der Waals surface area contributed by atoms with Gasteiger partial charge in [0.1, 0.15) is 11.8 Å². The van der Waals surface area contributed by atoms with Crippen molar-refractivity contribution in [2.75, 3.05) is 4.72 Å². The Morgan fingerprint density at radius 1 is 1.05 bits per heavy atom. The van der Waals surface area contributed by atoms with Crippen LogP contribution in [0.3, 0.4) is 0 Å². The fraction of sp³-hybridized carbons (Fsp3) is 0. The van der Waals surface area contributed by atoms with Crippen LogP contribution in [-0.2, 0) is 10.3 Å². The molecule has 0 unspecified atom stereocenters. The summed E-state index contributed by atoms with van der Waals surface area (Å²) in [5.74, 6) is 0. The van der Waals surface area contributed by atoms with Crippen molar-refractivity contribution in [1.82, 2.24) is 0 Å². The maximum Gasteiger partial charge on any atom is 0.357 e. The first-order valence-electron chi connectivity index (χ1n) is 6.30. The Labute approximate surface area is 125 Å². The summed E-state index contributed by atoms with van der Waals surface area (Å²) in [6.45, 7) is 0. The lowest BCUT2D eigenvalue weighted by Crippen LogP contribution is -2.11. The highest BCUT2D eigenvalue weighted by atomic mass is 32.2. The van der Waals surface area contributed by atoms with Crippen LogP contribution in [0.1, 0.15) is 0 Å². The molecule has 6 nitrogen and oxygen atoms in total. The number of fused-ring (bicyclic) bond motifs is 1. The topological polar surface area (TPSA) is 96.6 Å². The lowest BCUT2D eigenvalue weighted by molar-refractivity contribution is 0.490. The summed E-state index contributed by atoms with van der Waals surface area (Å²) >= 11 is 0. The Morgan fingerprint density at radius 2 is 1.77 bits per heavy atom. The number of benzene rings is 2. The standard InChI is InChI=1S/C15H11NO5S/c17-15-12-7-6-11(16-22(18,19)20)8-14(12)21-9-13(15)10-4-2-1-3-5-10/h1-9,16H,(H,18,19,20). The molecule has 0 aliphatic rings. The fourth-order valence-corrected chi connectivity index (χ4v) is 2.58. The number of rotatable bonds is 3. The zero-order valence-electron chi connectivity index (χ0n) is 11.2. The lowest BCUT2D eigenvalue weighted by atomic mass is 10.1. The molecule has 0 saturated carbocycles. The largest absolute Gasteiger partial charge is 0.463 e. The summed E-state index contributed by atoms with van der Waals surface area (Å²) in [7, 11) is -4.38. The molecule has 0 radical (unpaired) electrons. The number of hydrogen-bond acceptors (Lipinski definition) is 4. The van der Waals surface area contributed by atoms with E-state index in [1.54, 1.807) is 12.1 Å². The van der Waals surface area contributed by atoms with Crippen molar-refractivity contribution in [3.8, 4) is 11.1 Å². The van der Waals surface area contributed by atoms with Gasteiger partial charge in [0.15, 0.2) is 5.43 Å². The molecular formula is C15H11NO5S. The fourth-order valence-electron chi connectivity index (χ4n) is 2.16. The Balaban J connectivity index is 2.14. The van der Waals surface area contributed by atoms with Crippen LogP contribution in [0.25, 0.3) is 22.1 Å². The van der Waals surface area contributed by atoms with Gasteiger partial charge >= 0.3 is 10.3 Å². The molecule has 22 heavy (non-hydrogen) atoms. The van der Waals surface area contributed by atoms with Gasteiger partial charge in [-0.15, -0.1) is 0 Å². The van der Waals surface area contributed by atoms with Crippen LogP contribution in [-0.4, -0.2) is 13.0 Å². The molecule has 1 heterocycles. The molecule has 0 aliphatic carbocycles.